The molecule has 128 valence electrons. The van der Waals surface area contributed by atoms with Gasteiger partial charge in [0.25, 0.3) is 0 Å². The minimum Gasteiger partial charge on any atom is -0.382 e. The Hall–Kier alpha value is -3.14. The number of hydrogen-bond donors (Lipinski definition) is 2. The van der Waals surface area contributed by atoms with Crippen molar-refractivity contribution < 1.29 is 0 Å². The van der Waals surface area contributed by atoms with Gasteiger partial charge in [-0.15, -0.1) is 0 Å². The summed E-state index contributed by atoms with van der Waals surface area (Å²) < 4.78 is 1.55. The standard InChI is InChI=1S/C18H21N7/c1-4-14-12(3)24-25-16(20)15(9-19)17(23-18(14)25)21-8-7-13-6-5-11(2)10-22-13/h5-6,10H,4,7-8,20H2,1-3H3,(H,21,23). The molecule has 0 amide bonds. The molecule has 3 aromatic rings. The van der Waals surface area contributed by atoms with Crippen LogP contribution >= 0.6 is 0 Å². The fraction of sp³-hybridized carbons (Fsp3) is 0.333. The molecule has 25 heavy (non-hydrogen) atoms. The van der Waals surface area contributed by atoms with E-state index in [2.05, 4.69) is 33.4 Å². The Kier molecular flexibility index (Phi) is 4.52. The quantitative estimate of drug-likeness (QED) is 0.742. The highest BCUT2D eigenvalue weighted by atomic mass is 15.3. The maximum Gasteiger partial charge on any atom is 0.163 e. The predicted octanol–water partition coefficient (Wildman–Crippen LogP) is 2.41. The number of nitrogens with two attached hydrogens (primary N) is 1. The lowest BCUT2D eigenvalue weighted by atomic mass is 10.2. The van der Waals surface area contributed by atoms with Crippen LogP contribution in [0.4, 0.5) is 11.6 Å². The zero-order chi connectivity index (χ0) is 18.0. The molecule has 0 aromatic carbocycles. The van der Waals surface area contributed by atoms with E-state index < -0.39 is 0 Å². The largest absolute Gasteiger partial charge is 0.382 e. The molecular weight excluding hydrogens is 314 g/mol. The number of pyridine rings is 1. The minimum absolute atomic E-state index is 0.311. The lowest BCUT2D eigenvalue weighted by Gasteiger charge is -2.10. The van der Waals surface area contributed by atoms with E-state index in [1.54, 1.807) is 4.52 Å². The maximum atomic E-state index is 9.48. The molecule has 7 heteroatoms. The summed E-state index contributed by atoms with van der Waals surface area (Å²) in [6, 6.07) is 6.17. The molecular formula is C18H21N7. The first-order valence-electron chi connectivity index (χ1n) is 8.28. The van der Waals surface area contributed by atoms with Gasteiger partial charge in [0.1, 0.15) is 23.3 Å². The Bertz CT molecular complexity index is 948. The molecule has 0 atom stereocenters. The zero-order valence-electron chi connectivity index (χ0n) is 14.7. The summed E-state index contributed by atoms with van der Waals surface area (Å²) in [5, 5.41) is 17.1. The van der Waals surface area contributed by atoms with Gasteiger partial charge in [-0.3, -0.25) is 4.98 Å². The number of nitrogens with zero attached hydrogens (tertiary/aromatic N) is 5. The van der Waals surface area contributed by atoms with Crippen LogP contribution in [-0.2, 0) is 12.8 Å². The lowest BCUT2D eigenvalue weighted by Crippen LogP contribution is -2.13. The first-order chi connectivity index (χ1) is 12.0. The van der Waals surface area contributed by atoms with Gasteiger partial charge < -0.3 is 11.1 Å². The van der Waals surface area contributed by atoms with Crippen molar-refractivity contribution in [3.05, 3.63) is 46.4 Å². The minimum atomic E-state index is 0.311. The Morgan fingerprint density at radius 3 is 2.76 bits per heavy atom. The van der Waals surface area contributed by atoms with E-state index >= 15 is 0 Å². The van der Waals surface area contributed by atoms with Gasteiger partial charge in [0, 0.05) is 30.4 Å². The number of rotatable bonds is 5. The van der Waals surface area contributed by atoms with Gasteiger partial charge in [-0.25, -0.2) is 4.98 Å². The maximum absolute atomic E-state index is 9.48. The molecule has 0 saturated carbocycles. The molecule has 0 aliphatic heterocycles. The molecule has 0 bridgehead atoms. The average Bonchev–Trinajstić information content (AvgIpc) is 2.92. The van der Waals surface area contributed by atoms with Gasteiger partial charge in [0.2, 0.25) is 0 Å². The van der Waals surface area contributed by atoms with Crippen molar-refractivity contribution in [1.29, 1.82) is 5.26 Å². The second-order valence-electron chi connectivity index (χ2n) is 5.99. The highest BCUT2D eigenvalue weighted by Gasteiger charge is 2.17. The van der Waals surface area contributed by atoms with Crippen molar-refractivity contribution in [1.82, 2.24) is 19.6 Å². The van der Waals surface area contributed by atoms with E-state index in [4.69, 9.17) is 5.73 Å². The van der Waals surface area contributed by atoms with E-state index in [9.17, 15) is 5.26 Å². The summed E-state index contributed by atoms with van der Waals surface area (Å²) in [6.07, 6.45) is 3.39. The van der Waals surface area contributed by atoms with E-state index in [1.807, 2.05) is 32.2 Å². The van der Waals surface area contributed by atoms with E-state index in [-0.39, 0.29) is 0 Å². The molecule has 0 aliphatic carbocycles. The van der Waals surface area contributed by atoms with E-state index in [0.717, 1.165) is 35.4 Å². The SMILES string of the molecule is CCc1c(C)nn2c(N)c(C#N)c(NCCc3ccc(C)cn3)nc12. The Morgan fingerprint density at radius 1 is 1.32 bits per heavy atom. The summed E-state index contributed by atoms with van der Waals surface area (Å²) >= 11 is 0. The smallest absolute Gasteiger partial charge is 0.163 e. The van der Waals surface area contributed by atoms with E-state index in [1.165, 1.54) is 0 Å². The van der Waals surface area contributed by atoms with E-state index in [0.29, 0.717) is 29.4 Å². The lowest BCUT2D eigenvalue weighted by molar-refractivity contribution is 0.914. The zero-order valence-corrected chi connectivity index (χ0v) is 14.7. The number of hydrogen-bond acceptors (Lipinski definition) is 6. The molecule has 3 aromatic heterocycles. The summed E-state index contributed by atoms with van der Waals surface area (Å²) in [7, 11) is 0. The topological polar surface area (TPSA) is 105 Å². The molecule has 0 radical (unpaired) electrons. The first kappa shape index (κ1) is 16.7. The van der Waals surface area contributed by atoms with Crippen LogP contribution in [0, 0.1) is 25.2 Å². The van der Waals surface area contributed by atoms with Crippen LogP contribution in [0.5, 0.6) is 0 Å². The van der Waals surface area contributed by atoms with Gasteiger partial charge in [0.15, 0.2) is 5.65 Å². The third kappa shape index (κ3) is 3.11. The second kappa shape index (κ2) is 6.77. The highest BCUT2D eigenvalue weighted by molar-refractivity contribution is 5.69. The summed E-state index contributed by atoms with van der Waals surface area (Å²) in [5.41, 5.74) is 11.2. The highest BCUT2D eigenvalue weighted by Crippen LogP contribution is 2.24. The van der Waals surface area contributed by atoms with Gasteiger partial charge in [0.05, 0.1) is 5.69 Å². The van der Waals surface area contributed by atoms with Gasteiger partial charge in [-0.2, -0.15) is 14.9 Å². The molecule has 3 N–H and O–H groups in total. The van der Waals surface area contributed by atoms with Crippen molar-refractivity contribution >= 4 is 17.3 Å². The van der Waals surface area contributed by atoms with Gasteiger partial charge >= 0.3 is 0 Å². The predicted molar refractivity (Wildman–Crippen MR) is 97.4 cm³/mol. The molecule has 3 heterocycles. The van der Waals surface area contributed by atoms with Crippen LogP contribution in [0.2, 0.25) is 0 Å². The Balaban J connectivity index is 1.89. The average molecular weight is 335 g/mol. The number of fused-ring (bicyclic) bond motifs is 1. The van der Waals surface area contributed by atoms with Crippen molar-refractivity contribution in [2.75, 3.05) is 17.6 Å². The number of aromatic nitrogens is 4. The monoisotopic (exact) mass is 335 g/mol. The van der Waals surface area contributed by atoms with Gasteiger partial charge in [-0.05, 0) is 31.9 Å². The van der Waals surface area contributed by atoms with Crippen molar-refractivity contribution in [3.63, 3.8) is 0 Å². The third-order valence-corrected chi connectivity index (χ3v) is 4.21. The summed E-state index contributed by atoms with van der Waals surface area (Å²) in [6.45, 7) is 6.60. The molecule has 3 rings (SSSR count). The summed E-state index contributed by atoms with van der Waals surface area (Å²) in [4.78, 5) is 9.00. The number of anilines is 2. The van der Waals surface area contributed by atoms with Crippen molar-refractivity contribution in [2.24, 2.45) is 0 Å². The van der Waals surface area contributed by atoms with Crippen LogP contribution in [-0.4, -0.2) is 26.1 Å². The molecule has 7 nitrogen and oxygen atoms in total. The van der Waals surface area contributed by atoms with Crippen LogP contribution in [0.15, 0.2) is 18.3 Å². The number of nitrogen functional groups attached to an aromatic ring is 1. The molecule has 0 unspecified atom stereocenters. The van der Waals surface area contributed by atoms with Crippen molar-refractivity contribution in [3.8, 4) is 6.07 Å². The first-order valence-corrected chi connectivity index (χ1v) is 8.28. The fourth-order valence-corrected chi connectivity index (χ4v) is 2.83. The molecule has 0 fully saturated rings. The van der Waals surface area contributed by atoms with Crippen LogP contribution < -0.4 is 11.1 Å². The van der Waals surface area contributed by atoms with Crippen molar-refractivity contribution in [2.45, 2.75) is 33.6 Å². The Labute approximate surface area is 146 Å². The van der Waals surface area contributed by atoms with Crippen LogP contribution in [0.3, 0.4) is 0 Å². The van der Waals surface area contributed by atoms with Crippen LogP contribution in [0.1, 0.15) is 35.0 Å². The molecule has 0 spiro atoms. The fourth-order valence-electron chi connectivity index (χ4n) is 2.83. The number of nitriles is 1. The second-order valence-corrected chi connectivity index (χ2v) is 5.99. The Morgan fingerprint density at radius 2 is 2.12 bits per heavy atom. The third-order valence-electron chi connectivity index (χ3n) is 4.21. The van der Waals surface area contributed by atoms with Crippen LogP contribution in [0.25, 0.3) is 5.65 Å². The summed E-state index contributed by atoms with van der Waals surface area (Å²) in [5.74, 6) is 0.806. The van der Waals surface area contributed by atoms with Gasteiger partial charge in [-0.1, -0.05) is 13.0 Å². The molecule has 0 saturated heterocycles. The normalized spacial score (nSPS) is 10.8. The molecule has 0 aliphatic rings. The number of nitrogens with one attached hydrogen (secondary N) is 1. The number of aryl methyl sites for hydroxylation is 3.